The fraction of sp³-hybridized carbons (Fsp3) is 0.182. The van der Waals surface area contributed by atoms with Gasteiger partial charge in [-0.15, -0.1) is 6.58 Å². The molecule has 1 aliphatic rings. The third-order valence-corrected chi connectivity index (χ3v) is 2.08. The number of ether oxygens (including phenoxy) is 2. The molecule has 3 nitrogen and oxygen atoms in total. The molecule has 0 unspecified atom stereocenters. The van der Waals surface area contributed by atoms with Gasteiger partial charge in [-0.05, 0) is 18.1 Å². The number of nitrogens with zero attached hydrogens (tertiary/aromatic N) is 1. The average Bonchev–Trinajstić information content (AvgIpc) is 2.64. The van der Waals surface area contributed by atoms with E-state index in [1.54, 1.807) is 12.1 Å². The smallest absolute Gasteiger partial charge is 0.231 e. The van der Waals surface area contributed by atoms with Gasteiger partial charge in [0.25, 0.3) is 0 Å². The maximum Gasteiger partial charge on any atom is 0.231 e. The van der Waals surface area contributed by atoms with Crippen LogP contribution in [0.5, 0.6) is 11.5 Å². The summed E-state index contributed by atoms with van der Waals surface area (Å²) in [5.74, 6) is 1.36. The van der Waals surface area contributed by atoms with Gasteiger partial charge in [-0.25, -0.2) is 0 Å². The van der Waals surface area contributed by atoms with Crippen LogP contribution in [0.1, 0.15) is 11.1 Å². The van der Waals surface area contributed by atoms with E-state index in [1.807, 2.05) is 6.07 Å². The summed E-state index contributed by atoms with van der Waals surface area (Å²) in [7, 11) is 0. The van der Waals surface area contributed by atoms with Crippen LogP contribution in [0, 0.1) is 11.3 Å². The summed E-state index contributed by atoms with van der Waals surface area (Å²) in [6.07, 6.45) is 2.43. The van der Waals surface area contributed by atoms with E-state index in [1.165, 1.54) is 0 Å². The van der Waals surface area contributed by atoms with Crippen LogP contribution < -0.4 is 9.47 Å². The highest BCUT2D eigenvalue weighted by molar-refractivity contribution is 5.53. The Kier molecular flexibility index (Phi) is 2.11. The second-order valence-electron chi connectivity index (χ2n) is 2.97. The van der Waals surface area contributed by atoms with Crippen molar-refractivity contribution < 1.29 is 9.47 Å². The van der Waals surface area contributed by atoms with Crippen molar-refractivity contribution in [2.24, 2.45) is 0 Å². The van der Waals surface area contributed by atoms with Gasteiger partial charge < -0.3 is 9.47 Å². The SMILES string of the molecule is C=CCc1cc2c(cc1C#N)OCO2. The minimum absolute atomic E-state index is 0.234. The zero-order valence-corrected chi connectivity index (χ0v) is 7.62. The number of fused-ring (bicyclic) bond motifs is 1. The Labute approximate surface area is 82.2 Å². The van der Waals surface area contributed by atoms with Crippen molar-refractivity contribution in [1.82, 2.24) is 0 Å². The van der Waals surface area contributed by atoms with E-state index >= 15 is 0 Å². The molecule has 0 saturated heterocycles. The summed E-state index contributed by atoms with van der Waals surface area (Å²) in [5.41, 5.74) is 1.54. The number of hydrogen-bond donors (Lipinski definition) is 0. The summed E-state index contributed by atoms with van der Waals surface area (Å²) < 4.78 is 10.4. The Hall–Kier alpha value is -1.95. The molecular formula is C11H9NO2. The molecule has 0 amide bonds. The van der Waals surface area contributed by atoms with Gasteiger partial charge in [-0.2, -0.15) is 5.26 Å². The van der Waals surface area contributed by atoms with E-state index in [0.29, 0.717) is 23.5 Å². The largest absolute Gasteiger partial charge is 0.454 e. The number of allylic oxidation sites excluding steroid dienone is 1. The molecule has 0 spiro atoms. The molecule has 0 fully saturated rings. The van der Waals surface area contributed by atoms with Crippen molar-refractivity contribution >= 4 is 0 Å². The van der Waals surface area contributed by atoms with Crippen molar-refractivity contribution in [3.8, 4) is 17.6 Å². The summed E-state index contributed by atoms with van der Waals surface area (Å²) in [6, 6.07) is 5.67. The molecule has 0 atom stereocenters. The molecule has 3 heteroatoms. The second kappa shape index (κ2) is 3.43. The van der Waals surface area contributed by atoms with E-state index in [4.69, 9.17) is 14.7 Å². The molecule has 0 N–H and O–H groups in total. The van der Waals surface area contributed by atoms with E-state index in [9.17, 15) is 0 Å². The third-order valence-electron chi connectivity index (χ3n) is 2.08. The molecule has 1 aliphatic heterocycles. The lowest BCUT2D eigenvalue weighted by molar-refractivity contribution is 0.174. The minimum Gasteiger partial charge on any atom is -0.454 e. The maximum absolute atomic E-state index is 8.90. The monoisotopic (exact) mass is 187 g/mol. The Morgan fingerprint density at radius 3 is 2.79 bits per heavy atom. The highest BCUT2D eigenvalue weighted by Gasteiger charge is 2.16. The Balaban J connectivity index is 2.49. The van der Waals surface area contributed by atoms with Crippen LogP contribution in [0.15, 0.2) is 24.8 Å². The second-order valence-corrected chi connectivity index (χ2v) is 2.97. The van der Waals surface area contributed by atoms with Gasteiger partial charge >= 0.3 is 0 Å². The normalized spacial score (nSPS) is 12.2. The van der Waals surface area contributed by atoms with E-state index < -0.39 is 0 Å². The number of benzene rings is 1. The average molecular weight is 187 g/mol. The highest BCUT2D eigenvalue weighted by atomic mass is 16.7. The first-order valence-corrected chi connectivity index (χ1v) is 4.28. The van der Waals surface area contributed by atoms with Gasteiger partial charge in [-0.3, -0.25) is 0 Å². The molecule has 0 aliphatic carbocycles. The van der Waals surface area contributed by atoms with Gasteiger partial charge in [0, 0.05) is 6.07 Å². The van der Waals surface area contributed by atoms with Crippen molar-refractivity contribution in [3.05, 3.63) is 35.9 Å². The molecule has 70 valence electrons. The Morgan fingerprint density at radius 1 is 1.43 bits per heavy atom. The van der Waals surface area contributed by atoms with Crippen LogP contribution in [0.2, 0.25) is 0 Å². The molecular weight excluding hydrogens is 178 g/mol. The number of rotatable bonds is 2. The quantitative estimate of drug-likeness (QED) is 0.665. The maximum atomic E-state index is 8.90. The Morgan fingerprint density at radius 2 is 2.14 bits per heavy atom. The zero-order chi connectivity index (χ0) is 9.97. The van der Waals surface area contributed by atoms with Gasteiger partial charge in [0.15, 0.2) is 11.5 Å². The van der Waals surface area contributed by atoms with Gasteiger partial charge in [0.05, 0.1) is 11.6 Å². The predicted octanol–water partition coefficient (Wildman–Crippen LogP) is 2.02. The summed E-state index contributed by atoms with van der Waals surface area (Å²) >= 11 is 0. The van der Waals surface area contributed by atoms with Crippen LogP contribution in [-0.2, 0) is 6.42 Å². The fourth-order valence-corrected chi connectivity index (χ4v) is 1.41. The first kappa shape index (κ1) is 8.64. The lowest BCUT2D eigenvalue weighted by Crippen LogP contribution is -1.92. The molecule has 1 heterocycles. The summed E-state index contributed by atoms with van der Waals surface area (Å²) in [5, 5.41) is 8.90. The molecule has 0 bridgehead atoms. The van der Waals surface area contributed by atoms with Crippen LogP contribution >= 0.6 is 0 Å². The fourth-order valence-electron chi connectivity index (χ4n) is 1.41. The lowest BCUT2D eigenvalue weighted by Gasteiger charge is -2.02. The van der Waals surface area contributed by atoms with E-state index in [-0.39, 0.29) is 6.79 Å². The van der Waals surface area contributed by atoms with E-state index in [0.717, 1.165) is 5.56 Å². The van der Waals surface area contributed by atoms with Crippen molar-refractivity contribution in [1.29, 1.82) is 5.26 Å². The Bertz CT molecular complexity index is 418. The summed E-state index contributed by atoms with van der Waals surface area (Å²) in [4.78, 5) is 0. The van der Waals surface area contributed by atoms with Gasteiger partial charge in [0.2, 0.25) is 6.79 Å². The van der Waals surface area contributed by atoms with Crippen molar-refractivity contribution in [2.45, 2.75) is 6.42 Å². The van der Waals surface area contributed by atoms with Crippen molar-refractivity contribution in [2.75, 3.05) is 6.79 Å². The number of hydrogen-bond acceptors (Lipinski definition) is 3. The molecule has 14 heavy (non-hydrogen) atoms. The molecule has 0 aromatic heterocycles. The van der Waals surface area contributed by atoms with Crippen LogP contribution in [0.25, 0.3) is 0 Å². The standard InChI is InChI=1S/C11H9NO2/c1-2-3-8-4-10-11(14-7-13-10)5-9(8)6-12/h2,4-5H,1,3,7H2. The minimum atomic E-state index is 0.234. The molecule has 0 radical (unpaired) electrons. The molecule has 0 saturated carbocycles. The molecule has 2 rings (SSSR count). The topological polar surface area (TPSA) is 42.2 Å². The number of nitriles is 1. The van der Waals surface area contributed by atoms with Crippen LogP contribution in [0.4, 0.5) is 0 Å². The first-order valence-electron chi connectivity index (χ1n) is 4.28. The zero-order valence-electron chi connectivity index (χ0n) is 7.62. The lowest BCUT2D eigenvalue weighted by atomic mass is 10.0. The van der Waals surface area contributed by atoms with Gasteiger partial charge in [0.1, 0.15) is 0 Å². The molecule has 1 aromatic rings. The van der Waals surface area contributed by atoms with Crippen molar-refractivity contribution in [3.63, 3.8) is 0 Å². The van der Waals surface area contributed by atoms with Crippen LogP contribution in [0.3, 0.4) is 0 Å². The summed E-state index contributed by atoms with van der Waals surface area (Å²) in [6.45, 7) is 3.88. The first-order chi connectivity index (χ1) is 6.85. The third kappa shape index (κ3) is 1.31. The van der Waals surface area contributed by atoms with E-state index in [2.05, 4.69) is 12.6 Å². The van der Waals surface area contributed by atoms with Gasteiger partial charge in [-0.1, -0.05) is 6.08 Å². The van der Waals surface area contributed by atoms with Crippen LogP contribution in [-0.4, -0.2) is 6.79 Å². The highest BCUT2D eigenvalue weighted by Crippen LogP contribution is 2.34. The predicted molar refractivity (Wildman–Crippen MR) is 51.2 cm³/mol. The molecule has 1 aromatic carbocycles.